The van der Waals surface area contributed by atoms with E-state index in [4.69, 9.17) is 5.73 Å². The molecule has 0 spiro atoms. The molecule has 0 fully saturated rings. The van der Waals surface area contributed by atoms with Crippen LogP contribution in [0, 0.1) is 6.92 Å². The highest BCUT2D eigenvalue weighted by Gasteiger charge is 2.21. The summed E-state index contributed by atoms with van der Waals surface area (Å²) in [6.45, 7) is 3.00. The number of nitrogens with two attached hydrogens (primary N) is 1. The molecule has 6 heteroatoms. The quantitative estimate of drug-likeness (QED) is 0.750. The van der Waals surface area contributed by atoms with Crippen LogP contribution in [0.1, 0.15) is 26.5 Å². The lowest BCUT2D eigenvalue weighted by Crippen LogP contribution is -2.35. The van der Waals surface area contributed by atoms with Gasteiger partial charge in [0.15, 0.2) is 0 Å². The Bertz CT molecular complexity index is 687. The molecule has 0 saturated heterocycles. The highest BCUT2D eigenvalue weighted by molar-refractivity contribution is 6.00. The van der Waals surface area contributed by atoms with E-state index in [-0.39, 0.29) is 11.6 Å². The van der Waals surface area contributed by atoms with Crippen LogP contribution >= 0.6 is 0 Å². The van der Waals surface area contributed by atoms with Crippen molar-refractivity contribution in [2.24, 2.45) is 5.73 Å². The molecule has 0 atom stereocenters. The molecule has 3 N–H and O–H groups in total. The van der Waals surface area contributed by atoms with Gasteiger partial charge in [0, 0.05) is 18.5 Å². The van der Waals surface area contributed by atoms with Crippen molar-refractivity contribution in [3.8, 4) is 0 Å². The minimum atomic E-state index is -0.551. The minimum Gasteiger partial charge on any atom is -0.364 e. The highest BCUT2D eigenvalue weighted by atomic mass is 16.2. The van der Waals surface area contributed by atoms with Crippen molar-refractivity contribution in [2.75, 3.05) is 6.54 Å². The summed E-state index contributed by atoms with van der Waals surface area (Å²) in [5, 5.41) is 3.62. The van der Waals surface area contributed by atoms with E-state index in [1.54, 1.807) is 13.0 Å². The maximum atomic E-state index is 11.7. The first-order valence-electron chi connectivity index (χ1n) is 5.67. The normalized spacial score (nSPS) is 14.4. The summed E-state index contributed by atoms with van der Waals surface area (Å²) in [5.74, 6) is -0.664. The van der Waals surface area contributed by atoms with E-state index in [0.29, 0.717) is 24.4 Å². The molecule has 0 saturated carbocycles. The number of rotatable bonds is 1. The monoisotopic (exact) mass is 244 g/mol. The summed E-state index contributed by atoms with van der Waals surface area (Å²) in [7, 11) is 0. The van der Waals surface area contributed by atoms with Crippen LogP contribution in [0.15, 0.2) is 12.1 Å². The van der Waals surface area contributed by atoms with Gasteiger partial charge in [-0.05, 0) is 24.6 Å². The third kappa shape index (κ3) is 1.38. The number of nitrogens with one attached hydrogen (secondary N) is 1. The summed E-state index contributed by atoms with van der Waals surface area (Å²) in [6.07, 6.45) is 0. The number of hydrogen-bond acceptors (Lipinski definition) is 3. The van der Waals surface area contributed by atoms with E-state index in [0.717, 1.165) is 10.9 Å². The zero-order valence-corrected chi connectivity index (χ0v) is 9.86. The second-order valence-electron chi connectivity index (χ2n) is 4.37. The van der Waals surface area contributed by atoms with E-state index < -0.39 is 5.91 Å². The van der Waals surface area contributed by atoms with Crippen molar-refractivity contribution in [3.05, 3.63) is 29.1 Å². The van der Waals surface area contributed by atoms with Gasteiger partial charge in [-0.1, -0.05) is 0 Å². The third-order valence-electron chi connectivity index (χ3n) is 3.15. The van der Waals surface area contributed by atoms with Crippen molar-refractivity contribution in [1.29, 1.82) is 0 Å². The fourth-order valence-corrected chi connectivity index (χ4v) is 2.32. The smallest absolute Gasteiger partial charge is 0.268 e. The standard InChI is InChI=1S/C12H12N4O2/c1-6-4-7-5-8-12(18)14-2-3-16(8)11(7)15-9(6)10(13)17/h4-5H,2-3H2,1H3,(H2,13,17)(H,14,18). The van der Waals surface area contributed by atoms with Crippen LogP contribution in [0.3, 0.4) is 0 Å². The molecule has 2 aromatic heterocycles. The largest absolute Gasteiger partial charge is 0.364 e. The summed E-state index contributed by atoms with van der Waals surface area (Å²) in [6, 6.07) is 3.62. The predicted molar refractivity (Wildman–Crippen MR) is 65.3 cm³/mol. The first-order chi connectivity index (χ1) is 8.58. The number of primary amides is 1. The van der Waals surface area contributed by atoms with Gasteiger partial charge < -0.3 is 15.6 Å². The lowest BCUT2D eigenvalue weighted by atomic mass is 10.1. The summed E-state index contributed by atoms with van der Waals surface area (Å²) in [5.41, 5.74) is 7.48. The van der Waals surface area contributed by atoms with Crippen molar-refractivity contribution < 1.29 is 9.59 Å². The molecule has 0 bridgehead atoms. The van der Waals surface area contributed by atoms with Crippen molar-refractivity contribution in [3.63, 3.8) is 0 Å². The number of hydrogen-bond donors (Lipinski definition) is 2. The van der Waals surface area contributed by atoms with E-state index in [1.807, 2.05) is 10.6 Å². The SMILES string of the molecule is Cc1cc2cc3n(c2nc1C(N)=O)CCNC3=O. The van der Waals surface area contributed by atoms with Crippen LogP contribution in [0.25, 0.3) is 11.0 Å². The van der Waals surface area contributed by atoms with Gasteiger partial charge in [0.2, 0.25) is 0 Å². The number of nitrogens with zero attached hydrogens (tertiary/aromatic N) is 2. The number of pyridine rings is 1. The molecule has 1 aliphatic rings. The van der Waals surface area contributed by atoms with Gasteiger partial charge in [-0.2, -0.15) is 0 Å². The Morgan fingerprint density at radius 3 is 3.00 bits per heavy atom. The van der Waals surface area contributed by atoms with Crippen LogP contribution in [-0.2, 0) is 6.54 Å². The maximum Gasteiger partial charge on any atom is 0.268 e. The van der Waals surface area contributed by atoms with Gasteiger partial charge in [0.1, 0.15) is 17.0 Å². The molecule has 18 heavy (non-hydrogen) atoms. The molecule has 0 radical (unpaired) electrons. The van der Waals surface area contributed by atoms with Crippen LogP contribution in [0.2, 0.25) is 0 Å². The first kappa shape index (κ1) is 10.8. The zero-order chi connectivity index (χ0) is 12.9. The molecule has 2 amide bonds. The van der Waals surface area contributed by atoms with Crippen molar-refractivity contribution >= 4 is 22.8 Å². The number of aryl methyl sites for hydroxylation is 1. The zero-order valence-electron chi connectivity index (χ0n) is 9.86. The molecule has 3 heterocycles. The van der Waals surface area contributed by atoms with Crippen LogP contribution in [0.4, 0.5) is 0 Å². The Morgan fingerprint density at radius 1 is 1.50 bits per heavy atom. The molecule has 0 aromatic carbocycles. The number of amides is 2. The third-order valence-corrected chi connectivity index (χ3v) is 3.15. The molecule has 2 aromatic rings. The van der Waals surface area contributed by atoms with Crippen molar-refractivity contribution in [2.45, 2.75) is 13.5 Å². The lowest BCUT2D eigenvalue weighted by Gasteiger charge is -2.16. The Kier molecular flexibility index (Phi) is 2.13. The van der Waals surface area contributed by atoms with E-state index in [9.17, 15) is 9.59 Å². The molecule has 6 nitrogen and oxygen atoms in total. The molecule has 3 rings (SSSR count). The Labute approximate surface area is 103 Å². The maximum absolute atomic E-state index is 11.7. The van der Waals surface area contributed by atoms with Crippen LogP contribution < -0.4 is 11.1 Å². The van der Waals surface area contributed by atoms with Gasteiger partial charge in [0.25, 0.3) is 11.8 Å². The molecule has 0 unspecified atom stereocenters. The van der Waals surface area contributed by atoms with Crippen molar-refractivity contribution in [1.82, 2.24) is 14.9 Å². The second-order valence-corrected chi connectivity index (χ2v) is 4.37. The topological polar surface area (TPSA) is 90.0 Å². The van der Waals surface area contributed by atoms with E-state index >= 15 is 0 Å². The van der Waals surface area contributed by atoms with Gasteiger partial charge >= 0.3 is 0 Å². The number of fused-ring (bicyclic) bond motifs is 3. The average molecular weight is 244 g/mol. The van der Waals surface area contributed by atoms with E-state index in [2.05, 4.69) is 10.3 Å². The summed E-state index contributed by atoms with van der Waals surface area (Å²) < 4.78 is 1.82. The van der Waals surface area contributed by atoms with E-state index in [1.165, 1.54) is 0 Å². The minimum absolute atomic E-state index is 0.113. The Morgan fingerprint density at radius 2 is 2.28 bits per heavy atom. The van der Waals surface area contributed by atoms with Crippen LogP contribution in [-0.4, -0.2) is 27.9 Å². The van der Waals surface area contributed by atoms with Crippen LogP contribution in [0.5, 0.6) is 0 Å². The average Bonchev–Trinajstić information content (AvgIpc) is 2.67. The number of aromatic nitrogens is 2. The molecule has 92 valence electrons. The number of carbonyl (C=O) groups is 2. The number of carbonyl (C=O) groups excluding carboxylic acids is 2. The molecule has 1 aliphatic heterocycles. The van der Waals surface area contributed by atoms with Gasteiger partial charge in [-0.15, -0.1) is 0 Å². The molecule has 0 aliphatic carbocycles. The first-order valence-corrected chi connectivity index (χ1v) is 5.67. The van der Waals surface area contributed by atoms with Gasteiger partial charge in [-0.3, -0.25) is 9.59 Å². The Hall–Kier alpha value is -2.37. The fraction of sp³-hybridized carbons (Fsp3) is 0.250. The second kappa shape index (κ2) is 3.56. The Balaban J connectivity index is 2.33. The summed E-state index contributed by atoms with van der Waals surface area (Å²) in [4.78, 5) is 27.3. The lowest BCUT2D eigenvalue weighted by molar-refractivity contribution is 0.0928. The summed E-state index contributed by atoms with van der Waals surface area (Å²) >= 11 is 0. The van der Waals surface area contributed by atoms with Gasteiger partial charge in [0.05, 0.1) is 0 Å². The van der Waals surface area contributed by atoms with Gasteiger partial charge in [-0.25, -0.2) is 4.98 Å². The fourth-order valence-electron chi connectivity index (χ4n) is 2.32. The molecular weight excluding hydrogens is 232 g/mol. The molecular formula is C12H12N4O2. The highest BCUT2D eigenvalue weighted by Crippen LogP contribution is 2.22. The predicted octanol–water partition coefficient (Wildman–Crippen LogP) is 0.187.